The molecule has 0 saturated heterocycles. The van der Waals surface area contributed by atoms with Gasteiger partial charge in [0.05, 0.1) is 6.42 Å². The maximum Gasteiger partial charge on any atom is 0.411 e. The smallest absolute Gasteiger partial charge is 0.411 e. The molecule has 4 rings (SSSR count). The Morgan fingerprint density at radius 2 is 1.48 bits per heavy atom. The Bertz CT molecular complexity index is 1140. The molecule has 1 aliphatic carbocycles. The first kappa shape index (κ1) is 22.1. The number of benzene rings is 3. The maximum absolute atomic E-state index is 12.4. The zero-order valence-corrected chi connectivity index (χ0v) is 18.2. The van der Waals surface area contributed by atoms with Gasteiger partial charge in [-0.25, -0.2) is 4.79 Å². The first-order valence-electron chi connectivity index (χ1n) is 10.6. The van der Waals surface area contributed by atoms with Gasteiger partial charge in [-0.2, -0.15) is 0 Å². The first-order valence-corrected chi connectivity index (χ1v) is 10.6. The molecule has 0 bridgehead atoms. The second-order valence-electron chi connectivity index (χ2n) is 7.97. The van der Waals surface area contributed by atoms with E-state index in [0.29, 0.717) is 5.69 Å². The van der Waals surface area contributed by atoms with Crippen LogP contribution in [-0.2, 0) is 20.7 Å². The number of carboxylic acids is 1. The van der Waals surface area contributed by atoms with E-state index in [4.69, 9.17) is 9.84 Å². The maximum atomic E-state index is 12.4. The van der Waals surface area contributed by atoms with E-state index in [1.807, 2.05) is 24.3 Å². The number of aliphatic carboxylic acids is 1. The van der Waals surface area contributed by atoms with E-state index < -0.39 is 12.1 Å². The minimum absolute atomic E-state index is 0.0145. The number of nitrogens with zero attached hydrogens (tertiary/aromatic N) is 1. The number of likely N-dealkylation sites (N-methyl/N-ethyl adjacent to an activating group) is 1. The molecule has 168 valence electrons. The van der Waals surface area contributed by atoms with E-state index in [1.165, 1.54) is 18.2 Å². The van der Waals surface area contributed by atoms with E-state index in [-0.39, 0.29) is 31.4 Å². The second kappa shape index (κ2) is 9.56. The van der Waals surface area contributed by atoms with Gasteiger partial charge in [0.2, 0.25) is 5.91 Å². The number of hydrogen-bond acceptors (Lipinski definition) is 4. The number of anilines is 1. The molecule has 2 N–H and O–H groups in total. The molecule has 0 unspecified atom stereocenters. The Morgan fingerprint density at radius 3 is 2.06 bits per heavy atom. The summed E-state index contributed by atoms with van der Waals surface area (Å²) in [7, 11) is 1.45. The van der Waals surface area contributed by atoms with Gasteiger partial charge in [0.15, 0.2) is 0 Å². The van der Waals surface area contributed by atoms with Crippen molar-refractivity contribution < 1.29 is 24.2 Å². The molecule has 3 aromatic carbocycles. The fourth-order valence-corrected chi connectivity index (χ4v) is 4.06. The predicted octanol–water partition coefficient (Wildman–Crippen LogP) is 4.13. The summed E-state index contributed by atoms with van der Waals surface area (Å²) in [5.74, 6) is -1.37. The highest BCUT2D eigenvalue weighted by Gasteiger charge is 2.29. The number of amides is 2. The van der Waals surface area contributed by atoms with Gasteiger partial charge < -0.3 is 14.7 Å². The molecule has 0 spiro atoms. The SMILES string of the molecule is CN(CC(=O)O)C(=O)Cc1ccc(NC(=O)OCC2c3ccccc3-c3ccccc32)cc1. The summed E-state index contributed by atoms with van der Waals surface area (Å²) >= 11 is 0. The molecular formula is C26H24N2O5. The highest BCUT2D eigenvalue weighted by Crippen LogP contribution is 2.44. The lowest BCUT2D eigenvalue weighted by atomic mass is 9.98. The standard InChI is InChI=1S/C26H24N2O5/c1-28(15-25(30)31)24(29)14-17-10-12-18(13-11-17)27-26(32)33-16-23-21-8-4-2-6-19(21)20-7-3-5-9-22(20)23/h2-13,23H,14-16H2,1H3,(H,27,32)(H,30,31). The number of carboxylic acid groups (broad SMARTS) is 1. The molecule has 0 heterocycles. The number of nitrogens with one attached hydrogen (secondary N) is 1. The fraction of sp³-hybridized carbons (Fsp3) is 0.192. The Hall–Kier alpha value is -4.13. The van der Waals surface area contributed by atoms with Crippen LogP contribution in [0.25, 0.3) is 11.1 Å². The van der Waals surface area contributed by atoms with Crippen molar-refractivity contribution in [3.63, 3.8) is 0 Å². The third kappa shape index (κ3) is 5.03. The van der Waals surface area contributed by atoms with Crippen LogP contribution in [0, 0.1) is 0 Å². The van der Waals surface area contributed by atoms with Crippen LogP contribution in [0.4, 0.5) is 10.5 Å². The zero-order valence-electron chi connectivity index (χ0n) is 18.2. The van der Waals surface area contributed by atoms with Crippen LogP contribution >= 0.6 is 0 Å². The fourth-order valence-electron chi connectivity index (χ4n) is 4.06. The Kier molecular flexibility index (Phi) is 6.40. The van der Waals surface area contributed by atoms with Crippen molar-refractivity contribution >= 4 is 23.7 Å². The van der Waals surface area contributed by atoms with Crippen LogP contribution in [0.15, 0.2) is 72.8 Å². The van der Waals surface area contributed by atoms with Gasteiger partial charge in [-0.15, -0.1) is 0 Å². The molecular weight excluding hydrogens is 420 g/mol. The highest BCUT2D eigenvalue weighted by molar-refractivity contribution is 5.86. The average molecular weight is 444 g/mol. The first-order chi connectivity index (χ1) is 15.9. The van der Waals surface area contributed by atoms with Gasteiger partial charge in [0.25, 0.3) is 0 Å². The molecule has 0 fully saturated rings. The van der Waals surface area contributed by atoms with Gasteiger partial charge in [-0.05, 0) is 39.9 Å². The molecule has 3 aromatic rings. The van der Waals surface area contributed by atoms with Crippen LogP contribution < -0.4 is 5.32 Å². The number of carbonyl (C=O) groups excluding carboxylic acids is 2. The summed E-state index contributed by atoms with van der Waals surface area (Å²) in [6.45, 7) is -0.122. The summed E-state index contributed by atoms with van der Waals surface area (Å²) in [4.78, 5) is 36.4. The Labute approximate surface area is 191 Å². The quantitative estimate of drug-likeness (QED) is 0.571. The minimum Gasteiger partial charge on any atom is -0.480 e. The molecule has 0 aliphatic heterocycles. The summed E-state index contributed by atoms with van der Waals surface area (Å²) in [5.41, 5.74) is 5.89. The van der Waals surface area contributed by atoms with E-state index >= 15 is 0 Å². The van der Waals surface area contributed by atoms with Crippen molar-refractivity contribution in [2.45, 2.75) is 12.3 Å². The molecule has 0 aromatic heterocycles. The number of rotatable bonds is 7. The number of hydrogen-bond donors (Lipinski definition) is 2. The number of fused-ring (bicyclic) bond motifs is 3. The molecule has 1 aliphatic rings. The van der Waals surface area contributed by atoms with Crippen molar-refractivity contribution in [2.75, 3.05) is 25.5 Å². The number of ether oxygens (including phenoxy) is 1. The lowest BCUT2D eigenvalue weighted by molar-refractivity contribution is -0.143. The molecule has 7 heteroatoms. The summed E-state index contributed by atoms with van der Waals surface area (Å²) in [6, 6.07) is 23.1. The average Bonchev–Trinajstić information content (AvgIpc) is 3.12. The van der Waals surface area contributed by atoms with E-state index in [9.17, 15) is 14.4 Å². The van der Waals surface area contributed by atoms with Crippen molar-refractivity contribution in [3.05, 3.63) is 89.5 Å². The monoisotopic (exact) mass is 444 g/mol. The topological polar surface area (TPSA) is 95.9 Å². The molecule has 0 radical (unpaired) electrons. The van der Waals surface area contributed by atoms with Gasteiger partial charge in [0.1, 0.15) is 13.2 Å². The van der Waals surface area contributed by atoms with E-state index in [1.54, 1.807) is 24.3 Å². The van der Waals surface area contributed by atoms with Gasteiger partial charge in [-0.1, -0.05) is 60.7 Å². The van der Waals surface area contributed by atoms with Crippen LogP contribution in [0.1, 0.15) is 22.6 Å². The van der Waals surface area contributed by atoms with E-state index in [2.05, 4.69) is 29.6 Å². The van der Waals surface area contributed by atoms with Gasteiger partial charge in [0, 0.05) is 18.7 Å². The predicted molar refractivity (Wildman–Crippen MR) is 124 cm³/mol. The van der Waals surface area contributed by atoms with E-state index in [0.717, 1.165) is 21.6 Å². The minimum atomic E-state index is -1.06. The van der Waals surface area contributed by atoms with Crippen molar-refractivity contribution in [1.29, 1.82) is 0 Å². The highest BCUT2D eigenvalue weighted by atomic mass is 16.5. The third-order valence-corrected chi connectivity index (χ3v) is 5.70. The Balaban J connectivity index is 1.33. The van der Waals surface area contributed by atoms with Crippen LogP contribution in [0.5, 0.6) is 0 Å². The van der Waals surface area contributed by atoms with Gasteiger partial charge >= 0.3 is 12.1 Å². The number of carbonyl (C=O) groups is 3. The van der Waals surface area contributed by atoms with Gasteiger partial charge in [-0.3, -0.25) is 14.9 Å². The third-order valence-electron chi connectivity index (χ3n) is 5.70. The van der Waals surface area contributed by atoms with Crippen LogP contribution in [0.3, 0.4) is 0 Å². The van der Waals surface area contributed by atoms with Crippen molar-refractivity contribution in [2.24, 2.45) is 0 Å². The lowest BCUT2D eigenvalue weighted by Crippen LogP contribution is -2.33. The summed E-state index contributed by atoms with van der Waals surface area (Å²) < 4.78 is 5.54. The molecule has 0 atom stereocenters. The molecule has 2 amide bonds. The lowest BCUT2D eigenvalue weighted by Gasteiger charge is -2.15. The largest absolute Gasteiger partial charge is 0.480 e. The molecule has 7 nitrogen and oxygen atoms in total. The van der Waals surface area contributed by atoms with Crippen LogP contribution in [0.2, 0.25) is 0 Å². The summed E-state index contributed by atoms with van der Waals surface area (Å²) in [6.07, 6.45) is -0.475. The van der Waals surface area contributed by atoms with Crippen molar-refractivity contribution in [1.82, 2.24) is 4.90 Å². The molecule has 33 heavy (non-hydrogen) atoms. The van der Waals surface area contributed by atoms with Crippen LogP contribution in [-0.4, -0.2) is 48.2 Å². The normalized spacial score (nSPS) is 11.9. The summed E-state index contributed by atoms with van der Waals surface area (Å²) in [5, 5.41) is 11.5. The second-order valence-corrected chi connectivity index (χ2v) is 7.97. The Morgan fingerprint density at radius 1 is 0.909 bits per heavy atom. The van der Waals surface area contributed by atoms with Crippen molar-refractivity contribution in [3.8, 4) is 11.1 Å². The zero-order chi connectivity index (χ0) is 23.4. The molecule has 0 saturated carbocycles.